The minimum absolute atomic E-state index is 0.341. The largest absolute Gasteiger partial charge is 0.462 e. The van der Waals surface area contributed by atoms with Crippen molar-refractivity contribution in [1.82, 2.24) is 0 Å². The number of aliphatic hydroxyl groups is 1. The lowest BCUT2D eigenvalue weighted by atomic mass is 9.99. The van der Waals surface area contributed by atoms with E-state index in [2.05, 4.69) is 10.6 Å². The fourth-order valence-electron chi connectivity index (χ4n) is 3.43. The molecule has 0 saturated carbocycles. The number of carbonyl (C=O) groups excluding carboxylic acids is 1. The number of ether oxygens (including phenoxy) is 1. The lowest BCUT2D eigenvalue weighted by Gasteiger charge is -2.17. The molecule has 146 valence electrons. The van der Waals surface area contributed by atoms with Gasteiger partial charge in [-0.15, -0.1) is 0 Å². The number of hydrogen-bond acceptors (Lipinski definition) is 5. The highest BCUT2D eigenvalue weighted by atomic mass is 16.5. The van der Waals surface area contributed by atoms with Crippen molar-refractivity contribution in [1.29, 1.82) is 0 Å². The van der Waals surface area contributed by atoms with Crippen LogP contribution in [0.5, 0.6) is 0 Å². The lowest BCUT2D eigenvalue weighted by Crippen LogP contribution is -2.16. The van der Waals surface area contributed by atoms with Crippen LogP contribution in [0.4, 0.5) is 11.4 Å². The average Bonchev–Trinajstić information content (AvgIpc) is 3.09. The van der Waals surface area contributed by atoms with Gasteiger partial charge < -0.3 is 20.5 Å². The first-order valence-corrected chi connectivity index (χ1v) is 9.55. The smallest absolute Gasteiger partial charge is 0.338 e. The second-order valence-corrected chi connectivity index (χ2v) is 6.67. The third-order valence-electron chi connectivity index (χ3n) is 4.78. The number of aliphatic hydroxyl groups excluding tert-OH is 1. The monoisotopic (exact) mass is 386 g/mol. The van der Waals surface area contributed by atoms with Crippen molar-refractivity contribution >= 4 is 28.6 Å². The van der Waals surface area contributed by atoms with Crippen molar-refractivity contribution in [2.24, 2.45) is 0 Å². The molecule has 4 rings (SSSR count). The molecular formula is C24H22N2O3. The van der Waals surface area contributed by atoms with Gasteiger partial charge in [-0.3, -0.25) is 0 Å². The second-order valence-electron chi connectivity index (χ2n) is 6.67. The molecule has 0 aliphatic carbocycles. The molecule has 5 nitrogen and oxygen atoms in total. The number of para-hydroxylation sites is 1. The predicted molar refractivity (Wildman–Crippen MR) is 115 cm³/mol. The summed E-state index contributed by atoms with van der Waals surface area (Å²) in [6.07, 6.45) is -0.825. The third kappa shape index (κ3) is 3.86. The van der Waals surface area contributed by atoms with Crippen LogP contribution in [0.25, 0.3) is 11.3 Å². The fraction of sp³-hybridized carbons (Fsp3) is 0.125. The van der Waals surface area contributed by atoms with Crippen molar-refractivity contribution in [2.75, 3.05) is 17.2 Å². The predicted octanol–water partition coefficient (Wildman–Crippen LogP) is 4.59. The van der Waals surface area contributed by atoms with Crippen molar-refractivity contribution < 1.29 is 14.6 Å². The Morgan fingerprint density at radius 1 is 0.966 bits per heavy atom. The molecule has 1 heterocycles. The average molecular weight is 386 g/mol. The maximum atomic E-state index is 11.9. The molecule has 0 saturated heterocycles. The molecule has 3 aromatic rings. The molecule has 0 spiro atoms. The summed E-state index contributed by atoms with van der Waals surface area (Å²) >= 11 is 0. The van der Waals surface area contributed by atoms with Gasteiger partial charge >= 0.3 is 5.97 Å². The highest BCUT2D eigenvalue weighted by Crippen LogP contribution is 2.39. The van der Waals surface area contributed by atoms with Crippen LogP contribution < -0.4 is 10.6 Å². The van der Waals surface area contributed by atoms with E-state index in [0.717, 1.165) is 33.8 Å². The number of anilines is 2. The van der Waals surface area contributed by atoms with E-state index >= 15 is 0 Å². The van der Waals surface area contributed by atoms with Gasteiger partial charge in [-0.05, 0) is 42.8 Å². The first kappa shape index (κ1) is 18.8. The summed E-state index contributed by atoms with van der Waals surface area (Å²) < 4.78 is 5.04. The van der Waals surface area contributed by atoms with Gasteiger partial charge in [0.25, 0.3) is 0 Å². The van der Waals surface area contributed by atoms with Gasteiger partial charge in [-0.2, -0.15) is 0 Å². The molecule has 0 radical (unpaired) electrons. The Morgan fingerprint density at radius 3 is 2.38 bits per heavy atom. The maximum Gasteiger partial charge on any atom is 0.338 e. The number of carbonyl (C=O) groups is 1. The van der Waals surface area contributed by atoms with Gasteiger partial charge in [0.2, 0.25) is 0 Å². The highest BCUT2D eigenvalue weighted by Gasteiger charge is 2.28. The Kier molecular flexibility index (Phi) is 5.31. The molecule has 1 aliphatic rings. The molecule has 29 heavy (non-hydrogen) atoms. The van der Waals surface area contributed by atoms with Crippen LogP contribution in [-0.4, -0.2) is 23.9 Å². The van der Waals surface area contributed by atoms with Crippen LogP contribution in [0.3, 0.4) is 0 Å². The van der Waals surface area contributed by atoms with Crippen LogP contribution in [-0.2, 0) is 4.74 Å². The number of benzene rings is 3. The van der Waals surface area contributed by atoms with E-state index in [0.29, 0.717) is 12.2 Å². The Bertz CT molecular complexity index is 1040. The van der Waals surface area contributed by atoms with E-state index < -0.39 is 6.23 Å². The molecule has 0 bridgehead atoms. The molecule has 1 atom stereocenters. The normalized spacial score (nSPS) is 16.6. The van der Waals surface area contributed by atoms with Crippen molar-refractivity contribution in [2.45, 2.75) is 13.2 Å². The lowest BCUT2D eigenvalue weighted by molar-refractivity contribution is 0.0526. The highest BCUT2D eigenvalue weighted by molar-refractivity contribution is 6.03. The van der Waals surface area contributed by atoms with Gasteiger partial charge in [0.1, 0.15) is 0 Å². The summed E-state index contributed by atoms with van der Waals surface area (Å²) in [6.45, 7) is 2.12. The van der Waals surface area contributed by atoms with E-state index in [1.165, 1.54) is 0 Å². The summed E-state index contributed by atoms with van der Waals surface area (Å²) in [5.74, 6) is -0.343. The Balaban J connectivity index is 1.75. The van der Waals surface area contributed by atoms with Crippen LogP contribution in [0.2, 0.25) is 0 Å². The molecule has 3 N–H and O–H groups in total. The first-order valence-electron chi connectivity index (χ1n) is 9.55. The minimum atomic E-state index is -0.825. The van der Waals surface area contributed by atoms with E-state index in [4.69, 9.17) is 4.74 Å². The summed E-state index contributed by atoms with van der Waals surface area (Å²) in [5.41, 5.74) is 5.69. The zero-order valence-corrected chi connectivity index (χ0v) is 16.1. The number of hydrogen-bond donors (Lipinski definition) is 3. The van der Waals surface area contributed by atoms with Gasteiger partial charge in [0.15, 0.2) is 6.23 Å². The fourth-order valence-corrected chi connectivity index (χ4v) is 3.43. The third-order valence-corrected chi connectivity index (χ3v) is 4.78. The van der Waals surface area contributed by atoms with E-state index in [9.17, 15) is 9.90 Å². The first-order chi connectivity index (χ1) is 14.2. The van der Waals surface area contributed by atoms with Gasteiger partial charge in [0, 0.05) is 22.5 Å². The Labute approximate surface area is 169 Å². The van der Waals surface area contributed by atoms with Crippen molar-refractivity contribution in [3.63, 3.8) is 0 Å². The Hall–Kier alpha value is -3.57. The van der Waals surface area contributed by atoms with Gasteiger partial charge in [-0.1, -0.05) is 48.5 Å². The quantitative estimate of drug-likeness (QED) is 0.560. The van der Waals surface area contributed by atoms with Crippen LogP contribution in [0.15, 0.2) is 78.9 Å². The molecule has 0 aromatic heterocycles. The zero-order chi connectivity index (χ0) is 20.2. The number of nitrogens with one attached hydrogen (secondary N) is 2. The number of fused-ring (bicyclic) bond motifs is 1. The van der Waals surface area contributed by atoms with Crippen LogP contribution in [0.1, 0.15) is 28.4 Å². The second kappa shape index (κ2) is 8.20. The van der Waals surface area contributed by atoms with Crippen molar-refractivity contribution in [3.8, 4) is 0 Å². The van der Waals surface area contributed by atoms with Gasteiger partial charge in [0.05, 0.1) is 17.9 Å². The Morgan fingerprint density at radius 2 is 1.66 bits per heavy atom. The topological polar surface area (TPSA) is 70.6 Å². The molecule has 1 unspecified atom stereocenters. The summed E-state index contributed by atoms with van der Waals surface area (Å²) in [4.78, 5) is 11.9. The van der Waals surface area contributed by atoms with Gasteiger partial charge in [-0.25, -0.2) is 4.79 Å². The number of esters is 1. The SMILES string of the molecule is CCOC(=O)c1ccc(N/C(=C2/c3ccccc3NC2O)c2ccccc2)cc1. The van der Waals surface area contributed by atoms with Crippen molar-refractivity contribution in [3.05, 3.63) is 95.6 Å². The van der Waals surface area contributed by atoms with Crippen LogP contribution in [0, 0.1) is 0 Å². The van der Waals surface area contributed by atoms with E-state index in [-0.39, 0.29) is 5.97 Å². The summed E-state index contributed by atoms with van der Waals surface area (Å²) in [5, 5.41) is 17.3. The van der Waals surface area contributed by atoms with E-state index in [1.807, 2.05) is 66.7 Å². The standard InChI is InChI=1S/C24H22N2O3/c1-2-29-24(28)17-12-14-18(15-13-17)25-22(16-8-4-3-5-9-16)21-19-10-6-7-11-20(19)26-23(21)27/h3-15,23,25-27H,2H2,1H3/b22-21-. The zero-order valence-electron chi connectivity index (χ0n) is 16.1. The summed E-state index contributed by atoms with van der Waals surface area (Å²) in [6, 6.07) is 24.8. The molecular weight excluding hydrogens is 364 g/mol. The van der Waals surface area contributed by atoms with E-state index in [1.54, 1.807) is 19.1 Å². The maximum absolute atomic E-state index is 11.9. The molecule has 0 fully saturated rings. The van der Waals surface area contributed by atoms with Crippen LogP contribution >= 0.6 is 0 Å². The molecule has 3 aromatic carbocycles. The molecule has 0 amide bonds. The molecule has 5 heteroatoms. The number of rotatable bonds is 5. The molecule has 1 aliphatic heterocycles. The minimum Gasteiger partial charge on any atom is -0.462 e. The summed E-state index contributed by atoms with van der Waals surface area (Å²) in [7, 11) is 0.